The van der Waals surface area contributed by atoms with E-state index in [0.717, 1.165) is 0 Å². The minimum Gasteiger partial charge on any atom is -0.814 e. The van der Waals surface area contributed by atoms with E-state index in [9.17, 15) is 0 Å². The second kappa shape index (κ2) is 13.2. The topological polar surface area (TPSA) is 22.3 Å². The molecule has 0 amide bonds. The van der Waals surface area contributed by atoms with Crippen molar-refractivity contribution in [2.24, 2.45) is 17.8 Å². The normalized spacial score (nSPS) is 13.1. The van der Waals surface area contributed by atoms with Gasteiger partial charge in [0.15, 0.2) is 0 Å². The minimum atomic E-state index is 0. The molecule has 0 radical (unpaired) electrons. The standard InChI is InChI=1S/C4H6N.2C4H9.Al/c5-3-4-1-2-4;2*1-4(2)3;/h3-4H,1-2H2;2*4H,1H2,2-3H3;/q3*-1;+3. The molecule has 0 aliphatic heterocycles. The van der Waals surface area contributed by atoms with Gasteiger partial charge in [0, 0.05) is 0 Å². The van der Waals surface area contributed by atoms with E-state index in [2.05, 4.69) is 41.5 Å². The molecular formula is C12H24AlN. The molecule has 0 aromatic carbocycles. The molecule has 14 heavy (non-hydrogen) atoms. The molecule has 1 saturated carbocycles. The molecule has 1 aliphatic rings. The van der Waals surface area contributed by atoms with Gasteiger partial charge in [-0.15, -0.1) is 0 Å². The summed E-state index contributed by atoms with van der Waals surface area (Å²) in [7, 11) is 0. The molecule has 1 nitrogen and oxygen atoms in total. The Morgan fingerprint density at radius 2 is 1.29 bits per heavy atom. The van der Waals surface area contributed by atoms with E-state index in [1.807, 2.05) is 0 Å². The van der Waals surface area contributed by atoms with Gasteiger partial charge in [0.2, 0.25) is 0 Å². The average molecular weight is 209 g/mol. The van der Waals surface area contributed by atoms with E-state index >= 15 is 0 Å². The summed E-state index contributed by atoms with van der Waals surface area (Å²) in [5.74, 6) is 1.73. The van der Waals surface area contributed by atoms with Crippen molar-refractivity contribution in [1.29, 1.82) is 0 Å². The predicted octanol–water partition coefficient (Wildman–Crippen LogP) is 3.61. The summed E-state index contributed by atoms with van der Waals surface area (Å²) in [4.78, 5) is 0. The second-order valence-corrected chi connectivity index (χ2v) is 4.27. The summed E-state index contributed by atoms with van der Waals surface area (Å²) in [6, 6.07) is 0. The Labute approximate surface area is 101 Å². The van der Waals surface area contributed by atoms with Gasteiger partial charge in [-0.3, -0.25) is 0 Å². The van der Waals surface area contributed by atoms with Crippen LogP contribution in [0.3, 0.4) is 0 Å². The second-order valence-electron chi connectivity index (χ2n) is 4.27. The van der Waals surface area contributed by atoms with Crippen LogP contribution >= 0.6 is 0 Å². The Kier molecular flexibility index (Phi) is 18.6. The summed E-state index contributed by atoms with van der Waals surface area (Å²) >= 11 is 0. The first kappa shape index (κ1) is 19.7. The van der Waals surface area contributed by atoms with Crippen LogP contribution in [-0.4, -0.2) is 23.6 Å². The van der Waals surface area contributed by atoms with Gasteiger partial charge in [0.25, 0.3) is 0 Å². The molecule has 0 spiro atoms. The van der Waals surface area contributed by atoms with Crippen molar-refractivity contribution in [2.45, 2.75) is 40.5 Å². The summed E-state index contributed by atoms with van der Waals surface area (Å²) in [5.41, 5.74) is 0. The number of rotatable bonds is 1. The van der Waals surface area contributed by atoms with E-state index in [1.54, 1.807) is 0 Å². The molecule has 0 heterocycles. The third-order valence-electron chi connectivity index (χ3n) is 0.833. The van der Waals surface area contributed by atoms with Crippen LogP contribution in [0.5, 0.6) is 0 Å². The van der Waals surface area contributed by atoms with E-state index in [4.69, 9.17) is 5.41 Å². The Balaban J connectivity index is -0.000000127. The van der Waals surface area contributed by atoms with Gasteiger partial charge in [-0.1, -0.05) is 27.7 Å². The molecule has 0 atom stereocenters. The smallest absolute Gasteiger partial charge is 0.814 e. The van der Waals surface area contributed by atoms with Crippen LogP contribution in [0, 0.1) is 31.6 Å². The number of hydrogen-bond acceptors (Lipinski definition) is 0. The predicted molar refractivity (Wildman–Crippen MR) is 68.3 cm³/mol. The van der Waals surface area contributed by atoms with Gasteiger partial charge in [0.05, 0.1) is 0 Å². The van der Waals surface area contributed by atoms with Crippen molar-refractivity contribution >= 4 is 23.6 Å². The van der Waals surface area contributed by atoms with Crippen LogP contribution in [-0.2, 0) is 0 Å². The molecule has 0 bridgehead atoms. The average Bonchev–Trinajstić information content (AvgIpc) is 2.64. The number of hydrogen-bond donors (Lipinski definition) is 0. The zero-order valence-electron chi connectivity index (χ0n) is 10.2. The van der Waals surface area contributed by atoms with Crippen molar-refractivity contribution in [3.05, 3.63) is 19.3 Å². The molecular weight excluding hydrogens is 185 g/mol. The summed E-state index contributed by atoms with van der Waals surface area (Å²) in [6.45, 7) is 15.5. The fraction of sp³-hybridized carbons (Fsp3) is 0.750. The summed E-state index contributed by atoms with van der Waals surface area (Å²) in [5, 5.41) is 8.08. The fourth-order valence-corrected chi connectivity index (χ4v) is 0.245. The van der Waals surface area contributed by atoms with Crippen LogP contribution < -0.4 is 0 Å². The third-order valence-corrected chi connectivity index (χ3v) is 0.833. The largest absolute Gasteiger partial charge is 3.00 e. The Morgan fingerprint density at radius 3 is 1.29 bits per heavy atom. The molecule has 1 aliphatic carbocycles. The van der Waals surface area contributed by atoms with Gasteiger partial charge in [-0.05, 0) is 18.8 Å². The first-order valence-corrected chi connectivity index (χ1v) is 5.03. The molecule has 0 aromatic heterocycles. The molecule has 0 unspecified atom stereocenters. The van der Waals surface area contributed by atoms with Crippen LogP contribution in [0.25, 0.3) is 5.41 Å². The first-order chi connectivity index (χ1) is 5.90. The minimum absolute atomic E-state index is 0. The zero-order chi connectivity index (χ0) is 10.9. The third kappa shape index (κ3) is 56.6. The fourth-order valence-electron chi connectivity index (χ4n) is 0.245. The molecule has 0 aromatic rings. The van der Waals surface area contributed by atoms with Crippen molar-refractivity contribution in [1.82, 2.24) is 0 Å². The van der Waals surface area contributed by atoms with E-state index in [-0.39, 0.29) is 17.4 Å². The van der Waals surface area contributed by atoms with E-state index in [1.165, 1.54) is 19.1 Å². The van der Waals surface area contributed by atoms with Gasteiger partial charge >= 0.3 is 17.4 Å². The Morgan fingerprint density at radius 1 is 1.07 bits per heavy atom. The maximum absolute atomic E-state index is 8.08. The Bertz CT molecular complexity index is 95.4. The molecule has 1 fully saturated rings. The molecule has 0 N–H and O–H groups in total. The Hall–Kier alpha value is 0.202. The summed E-state index contributed by atoms with van der Waals surface area (Å²) < 4.78 is 0. The van der Waals surface area contributed by atoms with Crippen LogP contribution in [0.2, 0.25) is 0 Å². The van der Waals surface area contributed by atoms with Gasteiger partial charge in [-0.2, -0.15) is 11.8 Å². The van der Waals surface area contributed by atoms with Gasteiger partial charge in [0.1, 0.15) is 0 Å². The van der Waals surface area contributed by atoms with Gasteiger partial charge in [-0.25, -0.2) is 6.21 Å². The van der Waals surface area contributed by atoms with Crippen molar-refractivity contribution < 1.29 is 0 Å². The quantitative estimate of drug-likeness (QED) is 0.357. The van der Waals surface area contributed by atoms with Crippen LogP contribution in [0.15, 0.2) is 0 Å². The monoisotopic (exact) mass is 209 g/mol. The maximum Gasteiger partial charge on any atom is 3.00 e. The van der Waals surface area contributed by atoms with Crippen molar-refractivity contribution in [3.8, 4) is 0 Å². The molecule has 1 rings (SSSR count). The molecule has 0 saturated heterocycles. The first-order valence-electron chi connectivity index (χ1n) is 5.03. The van der Waals surface area contributed by atoms with Crippen LogP contribution in [0.1, 0.15) is 40.5 Å². The van der Waals surface area contributed by atoms with Crippen LogP contribution in [0.4, 0.5) is 0 Å². The zero-order valence-corrected chi connectivity index (χ0v) is 11.3. The molecule has 80 valence electrons. The number of nitrogens with zero attached hydrogens (tertiary/aromatic N) is 1. The van der Waals surface area contributed by atoms with E-state index in [0.29, 0.717) is 17.8 Å². The maximum atomic E-state index is 8.08. The van der Waals surface area contributed by atoms with E-state index < -0.39 is 0 Å². The molecule has 2 heteroatoms. The van der Waals surface area contributed by atoms with Crippen molar-refractivity contribution in [2.75, 3.05) is 0 Å². The summed E-state index contributed by atoms with van der Waals surface area (Å²) in [6.07, 6.45) is 3.69. The SMILES string of the molecule is [Al+3].[CH2-]C(C)C.[CH2-]C(C)C.[N-]=CC1CC1. The van der Waals surface area contributed by atoms with Crippen molar-refractivity contribution in [3.63, 3.8) is 0 Å². The van der Waals surface area contributed by atoms with Gasteiger partial charge < -0.3 is 19.3 Å².